The molecule has 0 aromatic heterocycles. The monoisotopic (exact) mass is 302 g/mol. The van der Waals surface area contributed by atoms with E-state index in [1.807, 2.05) is 0 Å². The number of methoxy groups -OCH3 is 2. The second kappa shape index (κ2) is 6.17. The molecule has 6 nitrogen and oxygen atoms in total. The standard InChI is InChI=1S/C16H14O6/c1-21-15(19)9-3-5-13(17)11(7-9)12-8-10(16(20)22-2)4-6-14(12)18/h3-8,17-18H,1-2H3. The smallest absolute Gasteiger partial charge is 0.337 e. The number of phenols is 2. The number of carbonyl (C=O) groups is 2. The van der Waals surface area contributed by atoms with Crippen molar-refractivity contribution in [1.82, 2.24) is 0 Å². The molecule has 0 heterocycles. The highest BCUT2D eigenvalue weighted by Crippen LogP contribution is 2.36. The Bertz CT molecular complexity index is 672. The van der Waals surface area contributed by atoms with E-state index in [-0.39, 0.29) is 33.8 Å². The van der Waals surface area contributed by atoms with Crippen LogP contribution in [0.3, 0.4) is 0 Å². The molecular formula is C16H14O6. The Hall–Kier alpha value is -3.02. The molecule has 6 heteroatoms. The topological polar surface area (TPSA) is 93.1 Å². The number of esters is 2. The van der Waals surface area contributed by atoms with Crippen molar-refractivity contribution in [2.45, 2.75) is 0 Å². The largest absolute Gasteiger partial charge is 0.507 e. The van der Waals surface area contributed by atoms with Crippen molar-refractivity contribution >= 4 is 11.9 Å². The zero-order chi connectivity index (χ0) is 16.3. The van der Waals surface area contributed by atoms with E-state index in [4.69, 9.17) is 0 Å². The summed E-state index contributed by atoms with van der Waals surface area (Å²) < 4.78 is 9.24. The van der Waals surface area contributed by atoms with E-state index in [1.165, 1.54) is 50.6 Å². The summed E-state index contributed by atoms with van der Waals surface area (Å²) in [5.41, 5.74) is 0.814. The van der Waals surface area contributed by atoms with Gasteiger partial charge in [-0.1, -0.05) is 0 Å². The van der Waals surface area contributed by atoms with E-state index in [1.54, 1.807) is 0 Å². The van der Waals surface area contributed by atoms with Gasteiger partial charge >= 0.3 is 11.9 Å². The minimum atomic E-state index is -0.579. The summed E-state index contributed by atoms with van der Waals surface area (Å²) in [6, 6.07) is 8.16. The normalized spacial score (nSPS) is 10.1. The fourth-order valence-electron chi connectivity index (χ4n) is 1.99. The van der Waals surface area contributed by atoms with Crippen molar-refractivity contribution in [3.63, 3.8) is 0 Å². The molecule has 0 bridgehead atoms. The number of benzene rings is 2. The summed E-state index contributed by atoms with van der Waals surface area (Å²) in [6.45, 7) is 0. The van der Waals surface area contributed by atoms with Crippen molar-refractivity contribution in [2.75, 3.05) is 14.2 Å². The van der Waals surface area contributed by atoms with Crippen LogP contribution in [-0.2, 0) is 9.47 Å². The van der Waals surface area contributed by atoms with Gasteiger partial charge in [0.15, 0.2) is 0 Å². The van der Waals surface area contributed by atoms with Crippen LogP contribution < -0.4 is 0 Å². The third kappa shape index (κ3) is 2.85. The van der Waals surface area contributed by atoms with Gasteiger partial charge in [0, 0.05) is 11.1 Å². The molecule has 114 valence electrons. The Balaban J connectivity index is 2.60. The Labute approximate surface area is 126 Å². The third-order valence-electron chi connectivity index (χ3n) is 3.13. The van der Waals surface area contributed by atoms with Crippen LogP contribution in [0, 0.1) is 0 Å². The highest BCUT2D eigenvalue weighted by Gasteiger charge is 2.16. The first-order valence-corrected chi connectivity index (χ1v) is 6.31. The van der Waals surface area contributed by atoms with Crippen LogP contribution in [-0.4, -0.2) is 36.4 Å². The van der Waals surface area contributed by atoms with Crippen LogP contribution in [0.1, 0.15) is 20.7 Å². The zero-order valence-electron chi connectivity index (χ0n) is 12.0. The second-order valence-corrected chi connectivity index (χ2v) is 4.45. The van der Waals surface area contributed by atoms with Gasteiger partial charge in [-0.2, -0.15) is 0 Å². The van der Waals surface area contributed by atoms with Gasteiger partial charge in [-0.25, -0.2) is 9.59 Å². The average Bonchev–Trinajstić information content (AvgIpc) is 2.54. The summed E-state index contributed by atoms with van der Waals surface area (Å²) in [5.74, 6) is -1.45. The van der Waals surface area contributed by atoms with E-state index >= 15 is 0 Å². The van der Waals surface area contributed by atoms with E-state index in [0.29, 0.717) is 0 Å². The SMILES string of the molecule is COC(=O)c1ccc(O)c(-c2cc(C(=O)OC)ccc2O)c1. The predicted octanol–water partition coefficient (Wildman–Crippen LogP) is 2.34. The first-order chi connectivity index (χ1) is 10.5. The van der Waals surface area contributed by atoms with Crippen LogP contribution in [0.2, 0.25) is 0 Å². The molecule has 2 aromatic carbocycles. The maximum absolute atomic E-state index is 11.6. The van der Waals surface area contributed by atoms with Gasteiger partial charge in [0.05, 0.1) is 25.3 Å². The second-order valence-electron chi connectivity index (χ2n) is 4.45. The number of hydrogen-bond donors (Lipinski definition) is 2. The number of phenolic OH excluding ortho intramolecular Hbond substituents is 2. The van der Waals surface area contributed by atoms with Crippen LogP contribution in [0.5, 0.6) is 11.5 Å². The molecule has 0 unspecified atom stereocenters. The molecule has 0 aliphatic rings. The molecule has 0 radical (unpaired) electrons. The highest BCUT2D eigenvalue weighted by molar-refractivity contribution is 5.94. The Kier molecular flexibility index (Phi) is 4.31. The molecule has 0 saturated carbocycles. The van der Waals surface area contributed by atoms with Gasteiger partial charge in [-0.3, -0.25) is 0 Å². The van der Waals surface area contributed by atoms with Gasteiger partial charge < -0.3 is 19.7 Å². The summed E-state index contributed by atoms with van der Waals surface area (Å²) >= 11 is 0. The van der Waals surface area contributed by atoms with Crippen LogP contribution >= 0.6 is 0 Å². The molecule has 0 fully saturated rings. The molecule has 2 aromatic rings. The van der Waals surface area contributed by atoms with Crippen molar-refractivity contribution in [3.05, 3.63) is 47.5 Å². The molecule has 0 atom stereocenters. The van der Waals surface area contributed by atoms with E-state index < -0.39 is 11.9 Å². The first kappa shape index (κ1) is 15.4. The lowest BCUT2D eigenvalue weighted by Crippen LogP contribution is -2.02. The highest BCUT2D eigenvalue weighted by atomic mass is 16.5. The average molecular weight is 302 g/mol. The summed E-state index contributed by atoms with van der Waals surface area (Å²) in [5, 5.41) is 19.9. The number of carbonyl (C=O) groups excluding carboxylic acids is 2. The number of aromatic hydroxyl groups is 2. The molecule has 0 amide bonds. The maximum Gasteiger partial charge on any atom is 0.337 e. The van der Waals surface area contributed by atoms with Crippen molar-refractivity contribution in [2.24, 2.45) is 0 Å². The van der Waals surface area contributed by atoms with E-state index in [2.05, 4.69) is 9.47 Å². The Morgan fingerprint density at radius 2 is 1.14 bits per heavy atom. The fourth-order valence-corrected chi connectivity index (χ4v) is 1.99. The van der Waals surface area contributed by atoms with Gasteiger partial charge in [-0.05, 0) is 36.4 Å². The molecule has 2 N–H and O–H groups in total. The Morgan fingerprint density at radius 3 is 1.45 bits per heavy atom. The number of ether oxygens (including phenoxy) is 2. The predicted molar refractivity (Wildman–Crippen MR) is 77.9 cm³/mol. The molecule has 22 heavy (non-hydrogen) atoms. The van der Waals surface area contributed by atoms with Crippen molar-refractivity contribution < 1.29 is 29.3 Å². The van der Waals surface area contributed by atoms with Crippen molar-refractivity contribution in [3.8, 4) is 22.6 Å². The first-order valence-electron chi connectivity index (χ1n) is 6.31. The van der Waals surface area contributed by atoms with Crippen molar-refractivity contribution in [1.29, 1.82) is 0 Å². The quantitative estimate of drug-likeness (QED) is 0.845. The van der Waals surface area contributed by atoms with Gasteiger partial charge in [0.2, 0.25) is 0 Å². The van der Waals surface area contributed by atoms with Crippen LogP contribution in [0.25, 0.3) is 11.1 Å². The molecule has 0 saturated heterocycles. The molecule has 0 spiro atoms. The molecule has 2 rings (SSSR count). The molecule has 0 aliphatic carbocycles. The fraction of sp³-hybridized carbons (Fsp3) is 0.125. The van der Waals surface area contributed by atoms with Gasteiger partial charge in [-0.15, -0.1) is 0 Å². The Morgan fingerprint density at radius 1 is 0.773 bits per heavy atom. The summed E-state index contributed by atoms with van der Waals surface area (Å²) in [7, 11) is 2.48. The van der Waals surface area contributed by atoms with E-state index in [0.717, 1.165) is 0 Å². The van der Waals surface area contributed by atoms with Crippen LogP contribution in [0.4, 0.5) is 0 Å². The van der Waals surface area contributed by atoms with Gasteiger partial charge in [0.25, 0.3) is 0 Å². The zero-order valence-corrected chi connectivity index (χ0v) is 12.0. The number of rotatable bonds is 3. The molecular weight excluding hydrogens is 288 g/mol. The van der Waals surface area contributed by atoms with Gasteiger partial charge in [0.1, 0.15) is 11.5 Å². The summed E-state index contributed by atoms with van der Waals surface area (Å²) in [4.78, 5) is 23.1. The minimum absolute atomic E-state index is 0.148. The van der Waals surface area contributed by atoms with E-state index in [9.17, 15) is 19.8 Å². The number of hydrogen-bond acceptors (Lipinski definition) is 6. The lowest BCUT2D eigenvalue weighted by atomic mass is 9.99. The van der Waals surface area contributed by atoms with Crippen LogP contribution in [0.15, 0.2) is 36.4 Å². The lowest BCUT2D eigenvalue weighted by molar-refractivity contribution is 0.0591. The lowest BCUT2D eigenvalue weighted by Gasteiger charge is -2.10. The third-order valence-corrected chi connectivity index (χ3v) is 3.13. The summed E-state index contributed by atoms with van der Waals surface area (Å²) in [6.07, 6.45) is 0. The molecule has 0 aliphatic heterocycles. The maximum atomic E-state index is 11.6. The minimum Gasteiger partial charge on any atom is -0.507 e.